The summed E-state index contributed by atoms with van der Waals surface area (Å²) < 4.78 is 3.89. The van der Waals surface area contributed by atoms with Gasteiger partial charge in [0.15, 0.2) is 0 Å². The van der Waals surface area contributed by atoms with E-state index in [2.05, 4.69) is 27.7 Å². The van der Waals surface area contributed by atoms with Gasteiger partial charge in [0.2, 0.25) is 0 Å². The molecule has 0 aliphatic carbocycles. The first-order valence-corrected chi connectivity index (χ1v) is 5.02. The van der Waals surface area contributed by atoms with Crippen molar-refractivity contribution in [1.82, 2.24) is 14.9 Å². The lowest BCUT2D eigenvalue weighted by molar-refractivity contribution is 0.570. The van der Waals surface area contributed by atoms with Gasteiger partial charge in [-0.15, -0.1) is 17.4 Å². The van der Waals surface area contributed by atoms with Gasteiger partial charge in [0.1, 0.15) is 0 Å². The minimum atomic E-state index is 0.218. The van der Waals surface area contributed by atoms with Crippen molar-refractivity contribution in [2.45, 2.75) is 26.3 Å². The molecule has 0 saturated heterocycles. The van der Waals surface area contributed by atoms with Crippen LogP contribution in [0.4, 0.5) is 0 Å². The van der Waals surface area contributed by atoms with Crippen LogP contribution >= 0.6 is 11.5 Å². The predicted octanol–water partition coefficient (Wildman–Crippen LogP) is 1.52. The summed E-state index contributed by atoms with van der Waals surface area (Å²) in [4.78, 5) is 1.15. The molecule has 1 N–H and O–H groups in total. The van der Waals surface area contributed by atoms with Gasteiger partial charge in [0.25, 0.3) is 0 Å². The summed E-state index contributed by atoms with van der Waals surface area (Å²) in [5.41, 5.74) is 0.978. The number of rotatable bonds is 4. The minimum Gasteiger partial charge on any atom is -0.309 e. The monoisotopic (exact) mass is 195 g/mol. The molecule has 4 heteroatoms. The van der Waals surface area contributed by atoms with Crippen LogP contribution in [-0.2, 0) is 0 Å². The molecule has 0 aliphatic rings. The highest BCUT2D eigenvalue weighted by molar-refractivity contribution is 7.05. The average Bonchev–Trinajstić information content (AvgIpc) is 2.51. The van der Waals surface area contributed by atoms with E-state index in [-0.39, 0.29) is 6.04 Å². The van der Waals surface area contributed by atoms with Crippen LogP contribution in [-0.4, -0.2) is 16.1 Å². The highest BCUT2D eigenvalue weighted by Crippen LogP contribution is 2.21. The van der Waals surface area contributed by atoms with Crippen molar-refractivity contribution >= 4 is 11.5 Å². The molecule has 1 unspecified atom stereocenters. The van der Waals surface area contributed by atoms with E-state index in [1.165, 1.54) is 11.5 Å². The molecule has 1 heterocycles. The van der Waals surface area contributed by atoms with Gasteiger partial charge in [-0.05, 0) is 25.0 Å². The van der Waals surface area contributed by atoms with Gasteiger partial charge >= 0.3 is 0 Å². The van der Waals surface area contributed by atoms with Crippen LogP contribution in [0, 0.1) is 19.3 Å². The maximum absolute atomic E-state index is 5.29. The minimum absolute atomic E-state index is 0.218. The van der Waals surface area contributed by atoms with Gasteiger partial charge in [-0.1, -0.05) is 11.4 Å². The van der Waals surface area contributed by atoms with E-state index in [1.54, 1.807) is 0 Å². The first kappa shape index (κ1) is 10.2. The summed E-state index contributed by atoms with van der Waals surface area (Å²) in [5, 5.41) is 7.28. The molecule has 0 fully saturated rings. The molecular weight excluding hydrogens is 182 g/mol. The fraction of sp³-hybridized carbons (Fsp3) is 0.556. The second-order valence-electron chi connectivity index (χ2n) is 2.74. The Morgan fingerprint density at radius 2 is 2.46 bits per heavy atom. The topological polar surface area (TPSA) is 37.8 Å². The van der Waals surface area contributed by atoms with E-state index >= 15 is 0 Å². The smallest absolute Gasteiger partial charge is 0.0773 e. The fourth-order valence-corrected chi connectivity index (χ4v) is 1.90. The number of nitrogens with one attached hydrogen (secondary N) is 1. The zero-order valence-electron chi connectivity index (χ0n) is 7.87. The summed E-state index contributed by atoms with van der Waals surface area (Å²) in [5.74, 6) is 2.66. The number of hydrogen-bond acceptors (Lipinski definition) is 4. The second-order valence-corrected chi connectivity index (χ2v) is 3.53. The molecule has 1 aromatic rings. The van der Waals surface area contributed by atoms with Gasteiger partial charge in [0, 0.05) is 6.42 Å². The van der Waals surface area contributed by atoms with Crippen molar-refractivity contribution in [2.24, 2.45) is 0 Å². The number of hydrogen-bond donors (Lipinski definition) is 1. The van der Waals surface area contributed by atoms with Gasteiger partial charge in [0.05, 0.1) is 16.6 Å². The molecule has 13 heavy (non-hydrogen) atoms. The molecule has 0 aliphatic heterocycles. The van der Waals surface area contributed by atoms with Crippen LogP contribution in [0.5, 0.6) is 0 Å². The van der Waals surface area contributed by atoms with Gasteiger partial charge in [-0.25, -0.2) is 0 Å². The van der Waals surface area contributed by atoms with Crippen LogP contribution < -0.4 is 5.32 Å². The lowest BCUT2D eigenvalue weighted by Gasteiger charge is -2.12. The Morgan fingerprint density at radius 3 is 2.92 bits per heavy atom. The molecule has 1 aromatic heterocycles. The van der Waals surface area contributed by atoms with Crippen molar-refractivity contribution in [3.63, 3.8) is 0 Å². The summed E-state index contributed by atoms with van der Waals surface area (Å²) in [7, 11) is 0. The Morgan fingerprint density at radius 1 is 1.69 bits per heavy atom. The Labute approximate surface area is 82.7 Å². The van der Waals surface area contributed by atoms with Gasteiger partial charge in [-0.2, -0.15) is 0 Å². The summed E-state index contributed by atoms with van der Waals surface area (Å²) in [6.45, 7) is 4.93. The summed E-state index contributed by atoms with van der Waals surface area (Å²) >= 11 is 1.42. The third-order valence-electron chi connectivity index (χ3n) is 1.78. The molecule has 0 radical (unpaired) electrons. The first-order chi connectivity index (χ1) is 6.29. The molecule has 70 valence electrons. The lowest BCUT2D eigenvalue weighted by Crippen LogP contribution is -2.20. The quantitative estimate of drug-likeness (QED) is 0.740. The first-order valence-electron chi connectivity index (χ1n) is 4.25. The van der Waals surface area contributed by atoms with E-state index < -0.39 is 0 Å². The predicted molar refractivity (Wildman–Crippen MR) is 54.5 cm³/mol. The molecule has 0 aromatic carbocycles. The van der Waals surface area contributed by atoms with Crippen LogP contribution in [0.25, 0.3) is 0 Å². The molecule has 0 bridgehead atoms. The molecule has 3 nitrogen and oxygen atoms in total. The van der Waals surface area contributed by atoms with E-state index in [0.717, 1.165) is 17.1 Å². The normalized spacial score (nSPS) is 12.4. The lowest BCUT2D eigenvalue weighted by atomic mass is 10.1. The molecule has 0 saturated carbocycles. The maximum Gasteiger partial charge on any atom is 0.0773 e. The van der Waals surface area contributed by atoms with E-state index in [0.29, 0.717) is 6.42 Å². The summed E-state index contributed by atoms with van der Waals surface area (Å²) in [6.07, 6.45) is 5.98. The second kappa shape index (κ2) is 4.95. The van der Waals surface area contributed by atoms with Crippen molar-refractivity contribution in [3.05, 3.63) is 10.6 Å². The third-order valence-corrected chi connectivity index (χ3v) is 2.72. The average molecular weight is 195 g/mol. The van der Waals surface area contributed by atoms with E-state index in [4.69, 9.17) is 6.42 Å². The van der Waals surface area contributed by atoms with Crippen LogP contribution in [0.3, 0.4) is 0 Å². The zero-order valence-corrected chi connectivity index (χ0v) is 8.69. The Bertz CT molecular complexity index is 300. The highest BCUT2D eigenvalue weighted by atomic mass is 32.1. The van der Waals surface area contributed by atoms with Crippen LogP contribution in [0.2, 0.25) is 0 Å². The Balaban J connectivity index is 2.76. The van der Waals surface area contributed by atoms with Crippen molar-refractivity contribution in [1.29, 1.82) is 0 Å². The largest absolute Gasteiger partial charge is 0.309 e. The number of terminal acetylenes is 1. The highest BCUT2D eigenvalue weighted by Gasteiger charge is 2.14. The molecule has 1 rings (SSSR count). The molecule has 0 amide bonds. The van der Waals surface area contributed by atoms with Crippen molar-refractivity contribution in [2.75, 3.05) is 6.54 Å². The van der Waals surface area contributed by atoms with Crippen molar-refractivity contribution in [3.8, 4) is 12.3 Å². The zero-order chi connectivity index (χ0) is 9.68. The molecular formula is C9H13N3S. The number of aryl methyl sites for hydroxylation is 1. The SMILES string of the molecule is C#CCC(NCC)c1snnc1C. The van der Waals surface area contributed by atoms with Gasteiger partial charge < -0.3 is 5.32 Å². The summed E-state index contributed by atoms with van der Waals surface area (Å²) in [6, 6.07) is 0.218. The standard InChI is InChI=1S/C9H13N3S/c1-4-6-8(10-5-2)9-7(3)11-12-13-9/h1,8,10H,5-6H2,2-3H3. The third kappa shape index (κ3) is 2.51. The van der Waals surface area contributed by atoms with Crippen molar-refractivity contribution < 1.29 is 0 Å². The Kier molecular flexibility index (Phi) is 3.87. The maximum atomic E-state index is 5.29. The van der Waals surface area contributed by atoms with E-state index in [9.17, 15) is 0 Å². The molecule has 1 atom stereocenters. The Hall–Kier alpha value is -0.920. The fourth-order valence-electron chi connectivity index (χ4n) is 1.18. The van der Waals surface area contributed by atoms with Crippen LogP contribution in [0.15, 0.2) is 0 Å². The van der Waals surface area contributed by atoms with Gasteiger partial charge in [-0.3, -0.25) is 0 Å². The number of aromatic nitrogens is 2. The van der Waals surface area contributed by atoms with Crippen LogP contribution in [0.1, 0.15) is 30.0 Å². The molecule has 0 spiro atoms. The van der Waals surface area contributed by atoms with E-state index in [1.807, 2.05) is 6.92 Å². The number of nitrogens with zero attached hydrogens (tertiary/aromatic N) is 2.